The van der Waals surface area contributed by atoms with Gasteiger partial charge in [0.1, 0.15) is 0 Å². The summed E-state index contributed by atoms with van der Waals surface area (Å²) < 4.78 is 5.07. The van der Waals surface area contributed by atoms with Crippen LogP contribution < -0.4 is 0 Å². The third kappa shape index (κ3) is 8.04. The Morgan fingerprint density at radius 1 is 1.00 bits per heavy atom. The minimum Gasteiger partial charge on any atom is -0.469 e. The molecule has 23 heavy (non-hydrogen) atoms. The molecule has 1 aliphatic rings. The Balaban J connectivity index is 2.42. The average Bonchev–Trinajstić information content (AvgIpc) is 2.59. The predicted molar refractivity (Wildman–Crippen MR) is 98.4 cm³/mol. The number of carbonyl (C=O) groups excluding carboxylic acids is 1. The molecule has 0 saturated carbocycles. The molecule has 3 atom stereocenters. The van der Waals surface area contributed by atoms with E-state index in [9.17, 15) is 4.79 Å². The van der Waals surface area contributed by atoms with Crippen LogP contribution in [0.2, 0.25) is 0 Å². The van der Waals surface area contributed by atoms with Crippen LogP contribution in [0.25, 0.3) is 0 Å². The Labute approximate surface area is 144 Å². The molecule has 0 fully saturated rings. The zero-order valence-electron chi connectivity index (χ0n) is 15.7. The van der Waals surface area contributed by atoms with E-state index in [-0.39, 0.29) is 11.9 Å². The molecule has 0 aromatic heterocycles. The van der Waals surface area contributed by atoms with Gasteiger partial charge in [-0.3, -0.25) is 4.79 Å². The zero-order valence-corrected chi connectivity index (χ0v) is 15.7. The second-order valence-electron chi connectivity index (χ2n) is 7.21. The standard InChI is InChI=1S/C21H38O2/c1-4-6-8-10-12-18-14-16-19(17-15-18)20(21(22)23-3)13-11-9-7-5-2/h14,16,18-20H,4-13,15,17H2,1-3H3. The molecule has 0 spiro atoms. The highest BCUT2D eigenvalue weighted by atomic mass is 16.5. The minimum absolute atomic E-state index is 0.00227. The smallest absolute Gasteiger partial charge is 0.309 e. The van der Waals surface area contributed by atoms with Gasteiger partial charge in [-0.25, -0.2) is 0 Å². The highest BCUT2D eigenvalue weighted by Crippen LogP contribution is 2.33. The van der Waals surface area contributed by atoms with Crippen molar-refractivity contribution in [3.8, 4) is 0 Å². The lowest BCUT2D eigenvalue weighted by molar-refractivity contribution is -0.147. The summed E-state index contributed by atoms with van der Waals surface area (Å²) in [6.45, 7) is 4.49. The Bertz CT molecular complexity index is 335. The summed E-state index contributed by atoms with van der Waals surface area (Å²) in [6.07, 6.45) is 19.7. The molecular formula is C21H38O2. The number of hydrogen-bond donors (Lipinski definition) is 0. The van der Waals surface area contributed by atoms with E-state index in [4.69, 9.17) is 4.74 Å². The van der Waals surface area contributed by atoms with Crippen LogP contribution in [-0.2, 0) is 9.53 Å². The van der Waals surface area contributed by atoms with Crippen LogP contribution in [0.3, 0.4) is 0 Å². The number of methoxy groups -OCH3 is 1. The van der Waals surface area contributed by atoms with Crippen LogP contribution in [0, 0.1) is 17.8 Å². The number of ether oxygens (including phenoxy) is 1. The lowest BCUT2D eigenvalue weighted by Crippen LogP contribution is -2.26. The first-order chi connectivity index (χ1) is 11.2. The van der Waals surface area contributed by atoms with Gasteiger partial charge in [0, 0.05) is 0 Å². The van der Waals surface area contributed by atoms with Crippen molar-refractivity contribution in [1.29, 1.82) is 0 Å². The van der Waals surface area contributed by atoms with Gasteiger partial charge in [-0.2, -0.15) is 0 Å². The maximum atomic E-state index is 12.1. The van der Waals surface area contributed by atoms with Gasteiger partial charge in [0.05, 0.1) is 13.0 Å². The number of rotatable bonds is 12. The summed E-state index contributed by atoms with van der Waals surface area (Å²) in [6, 6.07) is 0. The van der Waals surface area contributed by atoms with Gasteiger partial charge in [-0.05, 0) is 37.5 Å². The lowest BCUT2D eigenvalue weighted by atomic mass is 9.77. The normalized spacial score (nSPS) is 22.0. The first-order valence-corrected chi connectivity index (χ1v) is 9.99. The molecule has 134 valence electrons. The Morgan fingerprint density at radius 3 is 2.26 bits per heavy atom. The number of allylic oxidation sites excluding steroid dienone is 2. The van der Waals surface area contributed by atoms with Crippen molar-refractivity contribution in [3.05, 3.63) is 12.2 Å². The number of esters is 1. The van der Waals surface area contributed by atoms with E-state index in [2.05, 4.69) is 26.0 Å². The van der Waals surface area contributed by atoms with Crippen molar-refractivity contribution >= 4 is 5.97 Å². The van der Waals surface area contributed by atoms with Gasteiger partial charge in [0.2, 0.25) is 0 Å². The van der Waals surface area contributed by atoms with Gasteiger partial charge < -0.3 is 4.74 Å². The molecule has 0 aromatic rings. The number of unbranched alkanes of at least 4 members (excludes halogenated alkanes) is 6. The van der Waals surface area contributed by atoms with Gasteiger partial charge in [-0.1, -0.05) is 77.4 Å². The summed E-state index contributed by atoms with van der Waals surface area (Å²) >= 11 is 0. The highest BCUT2D eigenvalue weighted by molar-refractivity contribution is 5.72. The zero-order chi connectivity index (χ0) is 16.9. The molecule has 1 aliphatic carbocycles. The Kier molecular flexibility index (Phi) is 11.1. The molecule has 0 bridgehead atoms. The molecule has 0 saturated heterocycles. The fourth-order valence-electron chi connectivity index (χ4n) is 3.76. The van der Waals surface area contributed by atoms with E-state index < -0.39 is 0 Å². The van der Waals surface area contributed by atoms with E-state index in [1.54, 1.807) is 0 Å². The fourth-order valence-corrected chi connectivity index (χ4v) is 3.76. The topological polar surface area (TPSA) is 26.3 Å². The maximum absolute atomic E-state index is 12.1. The van der Waals surface area contributed by atoms with Gasteiger partial charge >= 0.3 is 5.97 Å². The molecular weight excluding hydrogens is 284 g/mol. The first kappa shape index (κ1) is 20.3. The first-order valence-electron chi connectivity index (χ1n) is 9.99. The van der Waals surface area contributed by atoms with Gasteiger partial charge in [0.15, 0.2) is 0 Å². The van der Waals surface area contributed by atoms with Crippen LogP contribution in [-0.4, -0.2) is 13.1 Å². The van der Waals surface area contributed by atoms with E-state index in [1.807, 2.05) is 0 Å². The van der Waals surface area contributed by atoms with Crippen LogP contribution in [0.4, 0.5) is 0 Å². The van der Waals surface area contributed by atoms with Crippen LogP contribution >= 0.6 is 0 Å². The van der Waals surface area contributed by atoms with Crippen molar-refractivity contribution in [1.82, 2.24) is 0 Å². The van der Waals surface area contributed by atoms with Crippen molar-refractivity contribution in [2.75, 3.05) is 7.11 Å². The molecule has 0 radical (unpaired) electrons. The fraction of sp³-hybridized carbons (Fsp3) is 0.857. The van der Waals surface area contributed by atoms with Crippen molar-refractivity contribution in [2.24, 2.45) is 17.8 Å². The largest absolute Gasteiger partial charge is 0.469 e. The van der Waals surface area contributed by atoms with Crippen LogP contribution in [0.1, 0.15) is 90.9 Å². The summed E-state index contributed by atoms with van der Waals surface area (Å²) in [5.74, 6) is 1.21. The number of carbonyl (C=O) groups is 1. The maximum Gasteiger partial charge on any atom is 0.309 e. The van der Waals surface area contributed by atoms with Crippen LogP contribution in [0.5, 0.6) is 0 Å². The summed E-state index contributed by atoms with van der Waals surface area (Å²) in [5.41, 5.74) is 0. The molecule has 0 heterocycles. The molecule has 0 aliphatic heterocycles. The Morgan fingerprint density at radius 2 is 1.70 bits per heavy atom. The molecule has 0 amide bonds. The molecule has 2 heteroatoms. The van der Waals surface area contributed by atoms with Crippen molar-refractivity contribution in [3.63, 3.8) is 0 Å². The van der Waals surface area contributed by atoms with Gasteiger partial charge in [-0.15, -0.1) is 0 Å². The summed E-state index contributed by atoms with van der Waals surface area (Å²) in [5, 5.41) is 0. The number of hydrogen-bond acceptors (Lipinski definition) is 2. The molecule has 0 aromatic carbocycles. The van der Waals surface area contributed by atoms with E-state index in [0.717, 1.165) is 25.2 Å². The van der Waals surface area contributed by atoms with E-state index in [0.29, 0.717) is 5.92 Å². The monoisotopic (exact) mass is 322 g/mol. The molecule has 3 unspecified atom stereocenters. The predicted octanol–water partition coefficient (Wildman–Crippen LogP) is 6.30. The van der Waals surface area contributed by atoms with Crippen molar-refractivity contribution < 1.29 is 9.53 Å². The average molecular weight is 323 g/mol. The lowest BCUT2D eigenvalue weighted by Gasteiger charge is -2.28. The van der Waals surface area contributed by atoms with E-state index in [1.165, 1.54) is 64.9 Å². The highest BCUT2D eigenvalue weighted by Gasteiger charge is 2.29. The van der Waals surface area contributed by atoms with Crippen molar-refractivity contribution in [2.45, 2.75) is 90.9 Å². The van der Waals surface area contributed by atoms with Crippen LogP contribution in [0.15, 0.2) is 12.2 Å². The quantitative estimate of drug-likeness (QED) is 0.239. The summed E-state index contributed by atoms with van der Waals surface area (Å²) in [7, 11) is 1.53. The minimum atomic E-state index is -0.00227. The summed E-state index contributed by atoms with van der Waals surface area (Å²) in [4.78, 5) is 12.1. The van der Waals surface area contributed by atoms with Gasteiger partial charge in [0.25, 0.3) is 0 Å². The molecule has 1 rings (SSSR count). The molecule has 0 N–H and O–H groups in total. The third-order valence-corrected chi connectivity index (χ3v) is 5.32. The second kappa shape index (κ2) is 12.6. The second-order valence-corrected chi connectivity index (χ2v) is 7.21. The van der Waals surface area contributed by atoms with E-state index >= 15 is 0 Å². The Hall–Kier alpha value is -0.790. The SMILES string of the molecule is CCCCCCC1C=CC(C(CCCCCC)C(=O)OC)CC1. The molecule has 2 nitrogen and oxygen atoms in total. The third-order valence-electron chi connectivity index (χ3n) is 5.32.